The van der Waals surface area contributed by atoms with Crippen molar-refractivity contribution in [1.29, 1.82) is 0 Å². The van der Waals surface area contributed by atoms with Crippen LogP contribution in [0.25, 0.3) is 0 Å². The number of hydrogen-bond acceptors (Lipinski definition) is 3. The molecule has 0 saturated carbocycles. The van der Waals surface area contributed by atoms with E-state index in [1.807, 2.05) is 33.8 Å². The Hall–Kier alpha value is -1.98. The van der Waals surface area contributed by atoms with Gasteiger partial charge >= 0.3 is 6.03 Å². The van der Waals surface area contributed by atoms with Gasteiger partial charge in [0.2, 0.25) is 5.91 Å². The predicted octanol–water partition coefficient (Wildman–Crippen LogP) is 1.79. The molecule has 20 heavy (non-hydrogen) atoms. The van der Waals surface area contributed by atoms with Crippen LogP contribution in [0.5, 0.6) is 0 Å². The van der Waals surface area contributed by atoms with E-state index in [4.69, 9.17) is 4.42 Å². The van der Waals surface area contributed by atoms with Gasteiger partial charge in [0.15, 0.2) is 0 Å². The zero-order chi connectivity index (χ0) is 14.9. The van der Waals surface area contributed by atoms with Crippen LogP contribution in [0, 0.1) is 13.8 Å². The van der Waals surface area contributed by atoms with Crippen molar-refractivity contribution in [3.63, 3.8) is 0 Å². The Kier molecular flexibility index (Phi) is 4.01. The monoisotopic (exact) mass is 279 g/mol. The molecule has 0 spiro atoms. The number of rotatable bonds is 3. The molecule has 1 aliphatic heterocycles. The third-order valence-electron chi connectivity index (χ3n) is 3.58. The molecule has 1 saturated heterocycles. The summed E-state index contributed by atoms with van der Waals surface area (Å²) in [6.45, 7) is 8.70. The highest BCUT2D eigenvalue weighted by atomic mass is 16.3. The molecule has 6 heteroatoms. The standard InChI is InChI=1S/C14H21N3O3/c1-5-16-8-17(7-13(16)18)14(19)15-10(3)12-6-9(2)20-11(12)4/h6,10H,5,7-8H2,1-4H3,(H,15,19)/t10-/m1/s1. The molecule has 1 atom stereocenters. The summed E-state index contributed by atoms with van der Waals surface area (Å²) in [6, 6.07) is 1.55. The second-order valence-electron chi connectivity index (χ2n) is 5.13. The number of carbonyl (C=O) groups is 2. The highest BCUT2D eigenvalue weighted by molar-refractivity contribution is 5.87. The van der Waals surface area contributed by atoms with E-state index in [0.717, 1.165) is 17.1 Å². The zero-order valence-electron chi connectivity index (χ0n) is 12.4. The van der Waals surface area contributed by atoms with Crippen LogP contribution >= 0.6 is 0 Å². The molecule has 1 N–H and O–H groups in total. The fourth-order valence-electron chi connectivity index (χ4n) is 2.45. The maximum atomic E-state index is 12.2. The van der Waals surface area contributed by atoms with Crippen molar-refractivity contribution < 1.29 is 14.0 Å². The molecule has 0 unspecified atom stereocenters. The number of urea groups is 1. The van der Waals surface area contributed by atoms with Crippen LogP contribution in [0.15, 0.2) is 10.5 Å². The van der Waals surface area contributed by atoms with E-state index in [2.05, 4.69) is 5.32 Å². The van der Waals surface area contributed by atoms with E-state index >= 15 is 0 Å². The van der Waals surface area contributed by atoms with Gasteiger partial charge in [0, 0.05) is 12.1 Å². The van der Waals surface area contributed by atoms with Crippen LogP contribution in [0.3, 0.4) is 0 Å². The van der Waals surface area contributed by atoms with Gasteiger partial charge in [-0.05, 0) is 33.8 Å². The molecular weight excluding hydrogens is 258 g/mol. The first-order valence-corrected chi connectivity index (χ1v) is 6.82. The molecular formula is C14H21N3O3. The van der Waals surface area contributed by atoms with Crippen molar-refractivity contribution in [1.82, 2.24) is 15.1 Å². The highest BCUT2D eigenvalue weighted by Gasteiger charge is 2.30. The molecule has 0 aliphatic carbocycles. The molecule has 1 aromatic rings. The van der Waals surface area contributed by atoms with Crippen molar-refractivity contribution >= 4 is 11.9 Å². The summed E-state index contributed by atoms with van der Waals surface area (Å²) in [5.41, 5.74) is 0.966. The predicted molar refractivity (Wildman–Crippen MR) is 74.1 cm³/mol. The van der Waals surface area contributed by atoms with Gasteiger partial charge in [0.05, 0.1) is 12.7 Å². The molecule has 1 fully saturated rings. The summed E-state index contributed by atoms with van der Waals surface area (Å²) in [7, 11) is 0. The molecule has 1 aliphatic rings. The maximum absolute atomic E-state index is 12.2. The van der Waals surface area contributed by atoms with Crippen LogP contribution in [-0.4, -0.2) is 41.5 Å². The van der Waals surface area contributed by atoms with Crippen molar-refractivity contribution in [2.75, 3.05) is 19.8 Å². The zero-order valence-corrected chi connectivity index (χ0v) is 12.4. The lowest BCUT2D eigenvalue weighted by atomic mass is 10.1. The normalized spacial score (nSPS) is 16.7. The van der Waals surface area contributed by atoms with Gasteiger partial charge < -0.3 is 14.6 Å². The minimum atomic E-state index is -0.222. The maximum Gasteiger partial charge on any atom is 0.319 e. The molecule has 110 valence electrons. The van der Waals surface area contributed by atoms with Crippen molar-refractivity contribution in [2.24, 2.45) is 0 Å². The van der Waals surface area contributed by atoms with E-state index in [1.54, 1.807) is 4.90 Å². The Bertz CT molecular complexity index is 524. The molecule has 2 heterocycles. The van der Waals surface area contributed by atoms with E-state index in [9.17, 15) is 9.59 Å². The van der Waals surface area contributed by atoms with Gasteiger partial charge in [-0.25, -0.2) is 4.79 Å². The van der Waals surface area contributed by atoms with Gasteiger partial charge in [-0.3, -0.25) is 9.69 Å². The molecule has 1 aromatic heterocycles. The van der Waals surface area contributed by atoms with Gasteiger partial charge in [0.25, 0.3) is 0 Å². The minimum absolute atomic E-state index is 0.00867. The largest absolute Gasteiger partial charge is 0.466 e. The first-order valence-electron chi connectivity index (χ1n) is 6.82. The summed E-state index contributed by atoms with van der Waals surface area (Å²) in [4.78, 5) is 27.0. The third kappa shape index (κ3) is 2.79. The average Bonchev–Trinajstić information content (AvgIpc) is 2.91. The van der Waals surface area contributed by atoms with Crippen molar-refractivity contribution in [3.8, 4) is 0 Å². The number of likely N-dealkylation sites (N-methyl/N-ethyl adjacent to an activating group) is 1. The lowest BCUT2D eigenvalue weighted by Gasteiger charge is -2.20. The minimum Gasteiger partial charge on any atom is -0.466 e. The van der Waals surface area contributed by atoms with Crippen LogP contribution in [-0.2, 0) is 4.79 Å². The average molecular weight is 279 g/mol. The molecule has 6 nitrogen and oxygen atoms in total. The van der Waals surface area contributed by atoms with Gasteiger partial charge in [-0.2, -0.15) is 0 Å². The highest BCUT2D eigenvalue weighted by Crippen LogP contribution is 2.21. The third-order valence-corrected chi connectivity index (χ3v) is 3.58. The second-order valence-corrected chi connectivity index (χ2v) is 5.13. The number of nitrogens with zero attached hydrogens (tertiary/aromatic N) is 2. The number of furan rings is 1. The van der Waals surface area contributed by atoms with Crippen LogP contribution in [0.4, 0.5) is 4.79 Å². The summed E-state index contributed by atoms with van der Waals surface area (Å²) >= 11 is 0. The van der Waals surface area contributed by atoms with Gasteiger partial charge in [-0.1, -0.05) is 0 Å². The second kappa shape index (κ2) is 5.56. The van der Waals surface area contributed by atoms with Crippen LogP contribution in [0.2, 0.25) is 0 Å². The summed E-state index contributed by atoms with van der Waals surface area (Å²) in [5, 5.41) is 2.91. The Morgan fingerprint density at radius 3 is 2.70 bits per heavy atom. The van der Waals surface area contributed by atoms with Crippen molar-refractivity contribution in [2.45, 2.75) is 33.7 Å². The Balaban J connectivity index is 1.98. The van der Waals surface area contributed by atoms with E-state index < -0.39 is 0 Å². The molecule has 3 amide bonds. The fraction of sp³-hybridized carbons (Fsp3) is 0.571. The molecule has 0 bridgehead atoms. The topological polar surface area (TPSA) is 65.8 Å². The first-order chi connectivity index (χ1) is 9.42. The number of amides is 3. The SMILES string of the molecule is CCN1CN(C(=O)N[C@H](C)c2cc(C)oc2C)CC1=O. The fourth-order valence-corrected chi connectivity index (χ4v) is 2.45. The lowest BCUT2D eigenvalue weighted by Crippen LogP contribution is -2.40. The van der Waals surface area contributed by atoms with Crippen molar-refractivity contribution in [3.05, 3.63) is 23.2 Å². The van der Waals surface area contributed by atoms with Crippen LogP contribution in [0.1, 0.15) is 37.0 Å². The summed E-state index contributed by atoms with van der Waals surface area (Å²) in [6.07, 6.45) is 0. The van der Waals surface area contributed by atoms with Crippen LogP contribution < -0.4 is 5.32 Å². The smallest absolute Gasteiger partial charge is 0.319 e. The first kappa shape index (κ1) is 14.4. The van der Waals surface area contributed by atoms with E-state index in [1.165, 1.54) is 4.90 Å². The lowest BCUT2D eigenvalue weighted by molar-refractivity contribution is -0.126. The van der Waals surface area contributed by atoms with E-state index in [0.29, 0.717) is 13.2 Å². The molecule has 0 radical (unpaired) electrons. The molecule has 2 rings (SSSR count). The Morgan fingerprint density at radius 2 is 2.20 bits per heavy atom. The number of carbonyl (C=O) groups excluding carboxylic acids is 2. The summed E-state index contributed by atoms with van der Waals surface area (Å²) in [5.74, 6) is 1.63. The number of aryl methyl sites for hydroxylation is 2. The van der Waals surface area contributed by atoms with Gasteiger partial charge in [0.1, 0.15) is 18.1 Å². The van der Waals surface area contributed by atoms with Gasteiger partial charge in [-0.15, -0.1) is 0 Å². The Morgan fingerprint density at radius 1 is 1.50 bits per heavy atom. The molecule has 0 aromatic carbocycles. The number of hydrogen-bond donors (Lipinski definition) is 1. The Labute approximate surface area is 118 Å². The quantitative estimate of drug-likeness (QED) is 0.917. The summed E-state index contributed by atoms with van der Waals surface area (Å²) < 4.78 is 5.47. The number of nitrogens with one attached hydrogen (secondary N) is 1. The van der Waals surface area contributed by atoms with E-state index in [-0.39, 0.29) is 24.5 Å².